The van der Waals surface area contributed by atoms with E-state index in [0.29, 0.717) is 29.7 Å². The zero-order valence-electron chi connectivity index (χ0n) is 12.3. The Morgan fingerprint density at radius 1 is 1.24 bits per heavy atom. The number of fused-ring (bicyclic) bond motifs is 2. The van der Waals surface area contributed by atoms with Crippen molar-refractivity contribution >= 4 is 11.8 Å². The van der Waals surface area contributed by atoms with E-state index in [2.05, 4.69) is 10.1 Å². The van der Waals surface area contributed by atoms with Crippen LogP contribution < -0.4 is 5.32 Å². The quantitative estimate of drug-likeness (QED) is 0.843. The summed E-state index contributed by atoms with van der Waals surface area (Å²) in [5.74, 6) is 0.562. The van der Waals surface area contributed by atoms with Gasteiger partial charge in [-0.3, -0.25) is 4.79 Å². The van der Waals surface area contributed by atoms with E-state index in [0.717, 1.165) is 12.0 Å². The minimum Gasteiger partial charge on any atom is -0.465 e. The van der Waals surface area contributed by atoms with Crippen LogP contribution in [0.15, 0.2) is 24.3 Å². The van der Waals surface area contributed by atoms with Gasteiger partial charge in [-0.25, -0.2) is 4.79 Å². The van der Waals surface area contributed by atoms with E-state index in [-0.39, 0.29) is 12.0 Å². The molecular weight excluding hydrogens is 266 g/mol. The highest BCUT2D eigenvalue weighted by Gasteiger charge is 2.41. The van der Waals surface area contributed by atoms with Crippen molar-refractivity contribution in [2.45, 2.75) is 44.2 Å². The third-order valence-electron chi connectivity index (χ3n) is 4.74. The molecule has 3 rings (SSSR count). The number of aryl methyl sites for hydroxylation is 1. The van der Waals surface area contributed by atoms with Crippen molar-refractivity contribution in [1.82, 2.24) is 5.32 Å². The van der Waals surface area contributed by atoms with Gasteiger partial charge in [-0.15, -0.1) is 0 Å². The molecule has 21 heavy (non-hydrogen) atoms. The lowest BCUT2D eigenvalue weighted by Gasteiger charge is -2.21. The molecule has 1 aliphatic heterocycles. The van der Waals surface area contributed by atoms with Gasteiger partial charge in [0.15, 0.2) is 0 Å². The number of ketones is 1. The molecule has 0 radical (unpaired) electrons. The molecule has 2 aliphatic rings. The van der Waals surface area contributed by atoms with Crippen molar-refractivity contribution < 1.29 is 14.3 Å². The van der Waals surface area contributed by atoms with Crippen LogP contribution in [0.1, 0.15) is 41.6 Å². The zero-order valence-corrected chi connectivity index (χ0v) is 12.3. The Labute approximate surface area is 124 Å². The van der Waals surface area contributed by atoms with Gasteiger partial charge in [-0.2, -0.15) is 0 Å². The maximum absolute atomic E-state index is 12.3. The number of ether oxygens (including phenoxy) is 1. The highest BCUT2D eigenvalue weighted by atomic mass is 16.5. The van der Waals surface area contributed by atoms with Crippen molar-refractivity contribution in [3.63, 3.8) is 0 Å². The topological polar surface area (TPSA) is 55.4 Å². The van der Waals surface area contributed by atoms with Gasteiger partial charge in [0, 0.05) is 12.5 Å². The van der Waals surface area contributed by atoms with Gasteiger partial charge in [0.05, 0.1) is 18.7 Å². The number of hydrogen-bond donors (Lipinski definition) is 1. The summed E-state index contributed by atoms with van der Waals surface area (Å²) >= 11 is 0. The first-order valence-corrected chi connectivity index (χ1v) is 7.63. The van der Waals surface area contributed by atoms with E-state index >= 15 is 0 Å². The highest BCUT2D eigenvalue weighted by molar-refractivity contribution is 5.89. The summed E-state index contributed by atoms with van der Waals surface area (Å²) in [6.07, 6.45) is 4.89. The lowest BCUT2D eigenvalue weighted by molar-refractivity contribution is -0.121. The maximum Gasteiger partial charge on any atom is 0.337 e. The summed E-state index contributed by atoms with van der Waals surface area (Å²) in [6, 6.07) is 7.95. The highest BCUT2D eigenvalue weighted by Crippen LogP contribution is 2.35. The first kappa shape index (κ1) is 14.3. The van der Waals surface area contributed by atoms with Crippen molar-refractivity contribution in [2.24, 2.45) is 5.92 Å². The molecule has 1 aromatic carbocycles. The fourth-order valence-corrected chi connectivity index (χ4v) is 3.56. The van der Waals surface area contributed by atoms with Crippen molar-refractivity contribution in [1.29, 1.82) is 0 Å². The second-order valence-corrected chi connectivity index (χ2v) is 6.07. The Balaban J connectivity index is 1.53. The fourth-order valence-electron chi connectivity index (χ4n) is 3.56. The van der Waals surface area contributed by atoms with Crippen molar-refractivity contribution in [2.75, 3.05) is 7.11 Å². The third kappa shape index (κ3) is 3.00. The molecule has 2 fully saturated rings. The number of hydrogen-bond acceptors (Lipinski definition) is 4. The number of esters is 1. The Bertz CT molecular complexity index is 537. The van der Waals surface area contributed by atoms with E-state index in [1.165, 1.54) is 26.4 Å². The number of rotatable bonds is 5. The molecule has 4 heteroatoms. The molecule has 2 bridgehead atoms. The molecule has 3 atom stereocenters. The molecule has 1 aromatic rings. The van der Waals surface area contributed by atoms with E-state index in [9.17, 15) is 9.59 Å². The standard InChI is InChI=1S/C17H21NO3/c1-21-17(20)12-5-2-11(3-6-12)4-9-15(19)16-13-7-8-14(10-13)18-16/h2-3,5-6,13-14,16,18H,4,7-10H2,1H3/t13-,14+,16-/m1/s1. The van der Waals surface area contributed by atoms with Crippen LogP contribution in [0.4, 0.5) is 0 Å². The zero-order chi connectivity index (χ0) is 14.8. The second-order valence-electron chi connectivity index (χ2n) is 6.07. The van der Waals surface area contributed by atoms with Crippen LogP contribution in [0.25, 0.3) is 0 Å². The van der Waals surface area contributed by atoms with Crippen LogP contribution in [0.5, 0.6) is 0 Å². The van der Waals surface area contributed by atoms with Gasteiger partial charge in [0.25, 0.3) is 0 Å². The summed E-state index contributed by atoms with van der Waals surface area (Å²) in [5.41, 5.74) is 1.63. The van der Waals surface area contributed by atoms with E-state index < -0.39 is 0 Å². The molecular formula is C17H21NO3. The first-order valence-electron chi connectivity index (χ1n) is 7.63. The van der Waals surface area contributed by atoms with Gasteiger partial charge in [-0.1, -0.05) is 12.1 Å². The number of piperidine rings is 1. The summed E-state index contributed by atoms with van der Waals surface area (Å²) in [5, 5.41) is 3.45. The SMILES string of the molecule is COC(=O)c1ccc(CCC(=O)[C@@H]2N[C@H]3CC[C@@H]2C3)cc1. The average molecular weight is 287 g/mol. The normalized spacial score (nSPS) is 26.8. The van der Waals surface area contributed by atoms with Crippen LogP contribution in [-0.2, 0) is 16.0 Å². The van der Waals surface area contributed by atoms with Gasteiger partial charge >= 0.3 is 5.97 Å². The molecule has 1 saturated heterocycles. The Hall–Kier alpha value is -1.68. The summed E-state index contributed by atoms with van der Waals surface area (Å²) in [6.45, 7) is 0. The number of methoxy groups -OCH3 is 1. The fraction of sp³-hybridized carbons (Fsp3) is 0.529. The Kier molecular flexibility index (Phi) is 4.06. The van der Waals surface area contributed by atoms with Gasteiger partial charge < -0.3 is 10.1 Å². The largest absolute Gasteiger partial charge is 0.465 e. The summed E-state index contributed by atoms with van der Waals surface area (Å²) < 4.78 is 4.67. The van der Waals surface area contributed by atoms with E-state index in [1.54, 1.807) is 12.1 Å². The predicted molar refractivity (Wildman–Crippen MR) is 79.2 cm³/mol. The first-order chi connectivity index (χ1) is 10.2. The lowest BCUT2D eigenvalue weighted by Crippen LogP contribution is -2.41. The van der Waals surface area contributed by atoms with E-state index in [4.69, 9.17) is 0 Å². The van der Waals surface area contributed by atoms with Gasteiger partial charge in [0.2, 0.25) is 0 Å². The van der Waals surface area contributed by atoms with E-state index in [1.807, 2.05) is 12.1 Å². The summed E-state index contributed by atoms with van der Waals surface area (Å²) in [4.78, 5) is 23.6. The number of carbonyl (C=O) groups is 2. The molecule has 1 N–H and O–H groups in total. The number of benzene rings is 1. The minimum absolute atomic E-state index is 0.0816. The molecule has 0 spiro atoms. The molecule has 0 aromatic heterocycles. The second kappa shape index (κ2) is 5.98. The third-order valence-corrected chi connectivity index (χ3v) is 4.74. The van der Waals surface area contributed by atoms with Crippen LogP contribution in [0.2, 0.25) is 0 Å². The number of carbonyl (C=O) groups excluding carboxylic acids is 2. The molecule has 1 saturated carbocycles. The Morgan fingerprint density at radius 2 is 2.00 bits per heavy atom. The van der Waals surface area contributed by atoms with Crippen LogP contribution in [0, 0.1) is 5.92 Å². The van der Waals surface area contributed by atoms with Gasteiger partial charge in [-0.05, 0) is 49.3 Å². The van der Waals surface area contributed by atoms with Crippen LogP contribution in [0.3, 0.4) is 0 Å². The van der Waals surface area contributed by atoms with Crippen molar-refractivity contribution in [3.05, 3.63) is 35.4 Å². The minimum atomic E-state index is -0.330. The number of nitrogens with one attached hydrogen (secondary N) is 1. The van der Waals surface area contributed by atoms with Crippen LogP contribution >= 0.6 is 0 Å². The molecule has 0 unspecified atom stereocenters. The van der Waals surface area contributed by atoms with Crippen molar-refractivity contribution in [3.8, 4) is 0 Å². The monoisotopic (exact) mass is 287 g/mol. The Morgan fingerprint density at radius 3 is 2.57 bits per heavy atom. The molecule has 1 aliphatic carbocycles. The van der Waals surface area contributed by atoms with Gasteiger partial charge in [0.1, 0.15) is 5.78 Å². The maximum atomic E-state index is 12.3. The average Bonchev–Trinajstić information content (AvgIpc) is 3.15. The van der Waals surface area contributed by atoms with Crippen LogP contribution in [-0.4, -0.2) is 30.9 Å². The molecule has 4 nitrogen and oxygen atoms in total. The number of Topliss-reactive ketones (excluding diaryl/α,β-unsaturated/α-hetero) is 1. The molecule has 1 heterocycles. The molecule has 112 valence electrons. The summed E-state index contributed by atoms with van der Waals surface area (Å²) in [7, 11) is 1.37. The lowest BCUT2D eigenvalue weighted by atomic mass is 9.93. The molecule has 0 amide bonds. The smallest absolute Gasteiger partial charge is 0.337 e. The predicted octanol–water partition coefficient (Wildman–Crippen LogP) is 2.12.